The molecule has 0 atom stereocenters. The van der Waals surface area contributed by atoms with E-state index in [-0.39, 0.29) is 0 Å². The Kier molecular flexibility index (Phi) is 4.37. The van der Waals surface area contributed by atoms with Gasteiger partial charge >= 0.3 is 0 Å². The Morgan fingerprint density at radius 3 is 2.20 bits per heavy atom. The van der Waals surface area contributed by atoms with Crippen molar-refractivity contribution in [2.45, 2.75) is 19.8 Å². The highest BCUT2D eigenvalue weighted by Crippen LogP contribution is 1.97. The fourth-order valence-electron chi connectivity index (χ4n) is 0.850. The summed E-state index contributed by atoms with van der Waals surface area (Å²) in [7, 11) is 6.70. The highest BCUT2D eigenvalue weighted by Gasteiger charge is 2.03. The van der Waals surface area contributed by atoms with Gasteiger partial charge < -0.3 is 4.48 Å². The zero-order valence-corrected chi connectivity index (χ0v) is 7.72. The number of nitrogens with zero attached hydrogens (tertiary/aromatic N) is 1. The van der Waals surface area contributed by atoms with Gasteiger partial charge in [0.15, 0.2) is 0 Å². The van der Waals surface area contributed by atoms with E-state index in [0.717, 1.165) is 4.48 Å². The molecule has 1 nitrogen and oxygen atoms in total. The van der Waals surface area contributed by atoms with Gasteiger partial charge in [-0.05, 0) is 19.8 Å². The molecule has 0 aliphatic rings. The van der Waals surface area contributed by atoms with Crippen molar-refractivity contribution in [2.75, 3.05) is 27.7 Å². The first-order valence-corrected chi connectivity index (χ1v) is 3.98. The number of hydrogen-bond donors (Lipinski definition) is 0. The summed E-state index contributed by atoms with van der Waals surface area (Å²) in [6, 6.07) is 0. The average molecular weight is 142 g/mol. The zero-order chi connectivity index (χ0) is 8.04. The Bertz CT molecular complexity index is 97.8. The first-order chi connectivity index (χ1) is 4.56. The van der Waals surface area contributed by atoms with Gasteiger partial charge in [-0.3, -0.25) is 0 Å². The van der Waals surface area contributed by atoms with Crippen molar-refractivity contribution in [2.24, 2.45) is 0 Å². The summed E-state index contributed by atoms with van der Waals surface area (Å²) in [6.45, 7) is 3.34. The van der Waals surface area contributed by atoms with Crippen molar-refractivity contribution in [3.05, 3.63) is 12.2 Å². The summed E-state index contributed by atoms with van der Waals surface area (Å²) in [6.07, 6.45) is 6.88. The largest absolute Gasteiger partial charge is 0.331 e. The van der Waals surface area contributed by atoms with Crippen LogP contribution in [0.1, 0.15) is 19.8 Å². The SMILES string of the molecule is CC=CCCC[N+](C)(C)C. The van der Waals surface area contributed by atoms with Crippen LogP contribution < -0.4 is 0 Å². The van der Waals surface area contributed by atoms with Crippen molar-refractivity contribution in [1.82, 2.24) is 0 Å². The lowest BCUT2D eigenvalue weighted by Gasteiger charge is -2.23. The third-order valence-corrected chi connectivity index (χ3v) is 1.44. The van der Waals surface area contributed by atoms with Crippen molar-refractivity contribution in [3.8, 4) is 0 Å². The minimum atomic E-state index is 1.08. The lowest BCUT2D eigenvalue weighted by molar-refractivity contribution is -0.870. The van der Waals surface area contributed by atoms with Crippen molar-refractivity contribution < 1.29 is 4.48 Å². The van der Waals surface area contributed by atoms with Crippen molar-refractivity contribution >= 4 is 0 Å². The molecule has 0 aliphatic heterocycles. The molecule has 0 aromatic rings. The number of hydrogen-bond acceptors (Lipinski definition) is 0. The van der Waals surface area contributed by atoms with Crippen LogP contribution in [0.3, 0.4) is 0 Å². The monoisotopic (exact) mass is 142 g/mol. The molecule has 0 spiro atoms. The number of unbranched alkanes of at least 4 members (excludes halogenated alkanes) is 1. The minimum Gasteiger partial charge on any atom is -0.331 e. The van der Waals surface area contributed by atoms with Crippen LogP contribution in [0, 0.1) is 0 Å². The number of allylic oxidation sites excluding steroid dienone is 2. The molecular weight excluding hydrogens is 122 g/mol. The summed E-state index contributed by atoms with van der Waals surface area (Å²) >= 11 is 0. The third kappa shape index (κ3) is 7.70. The summed E-state index contributed by atoms with van der Waals surface area (Å²) < 4.78 is 1.08. The summed E-state index contributed by atoms with van der Waals surface area (Å²) in [5.74, 6) is 0. The molecular formula is C9H20N+. The summed E-state index contributed by atoms with van der Waals surface area (Å²) in [5, 5.41) is 0. The second kappa shape index (κ2) is 4.51. The maximum absolute atomic E-state index is 2.23. The molecule has 0 unspecified atom stereocenters. The van der Waals surface area contributed by atoms with E-state index < -0.39 is 0 Å². The topological polar surface area (TPSA) is 0 Å². The van der Waals surface area contributed by atoms with Gasteiger partial charge in [0.25, 0.3) is 0 Å². The molecule has 10 heavy (non-hydrogen) atoms. The van der Waals surface area contributed by atoms with Crippen LogP contribution in [0.4, 0.5) is 0 Å². The van der Waals surface area contributed by atoms with E-state index in [0.29, 0.717) is 0 Å². The van der Waals surface area contributed by atoms with Gasteiger partial charge in [-0.25, -0.2) is 0 Å². The second-order valence-electron chi connectivity index (χ2n) is 3.73. The molecule has 0 rings (SSSR count). The van der Waals surface area contributed by atoms with Gasteiger partial charge in [0.1, 0.15) is 0 Å². The zero-order valence-electron chi connectivity index (χ0n) is 7.72. The van der Waals surface area contributed by atoms with Crippen molar-refractivity contribution in [3.63, 3.8) is 0 Å². The number of rotatable bonds is 4. The van der Waals surface area contributed by atoms with Crippen LogP contribution >= 0.6 is 0 Å². The number of quaternary nitrogens is 1. The van der Waals surface area contributed by atoms with Gasteiger partial charge in [0.05, 0.1) is 27.7 Å². The van der Waals surface area contributed by atoms with Gasteiger partial charge in [-0.15, -0.1) is 0 Å². The van der Waals surface area contributed by atoms with Gasteiger partial charge in [-0.2, -0.15) is 0 Å². The quantitative estimate of drug-likeness (QED) is 0.320. The van der Waals surface area contributed by atoms with Gasteiger partial charge in [0.2, 0.25) is 0 Å². The van der Waals surface area contributed by atoms with Crippen molar-refractivity contribution in [1.29, 1.82) is 0 Å². The van der Waals surface area contributed by atoms with Gasteiger partial charge in [-0.1, -0.05) is 12.2 Å². The molecule has 0 N–H and O–H groups in total. The van der Waals surface area contributed by atoms with E-state index in [9.17, 15) is 0 Å². The van der Waals surface area contributed by atoms with Crippen LogP contribution in [0.5, 0.6) is 0 Å². The molecule has 0 saturated heterocycles. The van der Waals surface area contributed by atoms with E-state index in [2.05, 4.69) is 40.2 Å². The lowest BCUT2D eigenvalue weighted by Crippen LogP contribution is -2.35. The van der Waals surface area contributed by atoms with Crippen LogP contribution in [0.15, 0.2) is 12.2 Å². The summed E-state index contributed by atoms with van der Waals surface area (Å²) in [4.78, 5) is 0. The molecule has 0 aromatic carbocycles. The molecule has 0 aliphatic carbocycles. The van der Waals surface area contributed by atoms with E-state index in [4.69, 9.17) is 0 Å². The summed E-state index contributed by atoms with van der Waals surface area (Å²) in [5.41, 5.74) is 0. The standard InChI is InChI=1S/C9H20N/c1-5-6-7-8-9-10(2,3)4/h5-6H,7-9H2,1-4H3/q+1. The van der Waals surface area contributed by atoms with E-state index in [1.54, 1.807) is 0 Å². The first-order valence-electron chi connectivity index (χ1n) is 3.98. The van der Waals surface area contributed by atoms with Crippen LogP contribution in [0.2, 0.25) is 0 Å². The smallest absolute Gasteiger partial charge is 0.0783 e. The van der Waals surface area contributed by atoms with Crippen LogP contribution in [-0.2, 0) is 0 Å². The molecule has 1 heteroatoms. The molecule has 0 fully saturated rings. The van der Waals surface area contributed by atoms with E-state index in [1.807, 2.05) is 0 Å². The predicted molar refractivity (Wildman–Crippen MR) is 46.9 cm³/mol. The molecule has 0 radical (unpaired) electrons. The second-order valence-corrected chi connectivity index (χ2v) is 3.73. The van der Waals surface area contributed by atoms with Crippen LogP contribution in [-0.4, -0.2) is 32.2 Å². The Morgan fingerprint density at radius 1 is 1.20 bits per heavy atom. The maximum atomic E-state index is 2.23. The third-order valence-electron chi connectivity index (χ3n) is 1.44. The molecule has 0 saturated carbocycles. The molecule has 0 bridgehead atoms. The minimum absolute atomic E-state index is 1.08. The van der Waals surface area contributed by atoms with E-state index in [1.165, 1.54) is 19.4 Å². The first kappa shape index (κ1) is 9.70. The Morgan fingerprint density at radius 2 is 1.80 bits per heavy atom. The predicted octanol–water partition coefficient (Wildman–Crippen LogP) is 2.05. The Labute approximate surface area is 64.9 Å². The molecule has 0 heterocycles. The highest BCUT2D eigenvalue weighted by molar-refractivity contribution is 4.75. The fourth-order valence-corrected chi connectivity index (χ4v) is 0.850. The highest BCUT2D eigenvalue weighted by atomic mass is 15.3. The maximum Gasteiger partial charge on any atom is 0.0783 e. The normalized spacial score (nSPS) is 12.8. The average Bonchev–Trinajstić information content (AvgIpc) is 1.78. The van der Waals surface area contributed by atoms with Gasteiger partial charge in [0, 0.05) is 0 Å². The Balaban J connectivity index is 3.20. The molecule has 0 aromatic heterocycles. The molecule has 0 amide bonds. The van der Waals surface area contributed by atoms with Crippen LogP contribution in [0.25, 0.3) is 0 Å². The Hall–Kier alpha value is -0.300. The lowest BCUT2D eigenvalue weighted by atomic mass is 10.2. The fraction of sp³-hybridized carbons (Fsp3) is 0.778. The molecule has 60 valence electrons. The van der Waals surface area contributed by atoms with E-state index >= 15 is 0 Å².